The van der Waals surface area contributed by atoms with Crippen molar-refractivity contribution in [2.45, 2.75) is 31.5 Å². The van der Waals surface area contributed by atoms with Gasteiger partial charge in [0.1, 0.15) is 11.9 Å². The SMILES string of the molecule is CNC(=O)c1ccc(N2CCC(N3CCC(F)C3)CC2)c(Cl)n1. The number of rotatable bonds is 3. The van der Waals surface area contributed by atoms with Crippen molar-refractivity contribution in [1.82, 2.24) is 15.2 Å². The lowest BCUT2D eigenvalue weighted by atomic mass is 10.0. The Morgan fingerprint density at radius 2 is 2.04 bits per heavy atom. The molecular weight excluding hydrogens is 319 g/mol. The standard InChI is InChI=1S/C16H22ClFN4O/c1-19-16(23)13-2-3-14(15(17)20-13)21-8-5-12(6-9-21)22-7-4-11(18)10-22/h2-3,11-12H,4-10H2,1H3,(H,19,23). The molecular formula is C16H22ClFN4O. The number of carbonyl (C=O) groups is 1. The van der Waals surface area contributed by atoms with E-state index in [9.17, 15) is 9.18 Å². The topological polar surface area (TPSA) is 48.5 Å². The van der Waals surface area contributed by atoms with Gasteiger partial charge in [-0.25, -0.2) is 9.37 Å². The van der Waals surface area contributed by atoms with Crippen LogP contribution in [0.1, 0.15) is 29.8 Å². The Morgan fingerprint density at radius 3 is 2.61 bits per heavy atom. The summed E-state index contributed by atoms with van der Waals surface area (Å²) in [4.78, 5) is 20.2. The molecule has 7 heteroatoms. The van der Waals surface area contributed by atoms with E-state index in [2.05, 4.69) is 20.1 Å². The maximum Gasteiger partial charge on any atom is 0.269 e. The highest BCUT2D eigenvalue weighted by atomic mass is 35.5. The van der Waals surface area contributed by atoms with E-state index >= 15 is 0 Å². The van der Waals surface area contributed by atoms with E-state index in [1.165, 1.54) is 0 Å². The first-order chi connectivity index (χ1) is 11.1. The normalized spacial score (nSPS) is 23.3. The van der Waals surface area contributed by atoms with Crippen molar-refractivity contribution in [2.24, 2.45) is 0 Å². The highest BCUT2D eigenvalue weighted by Gasteiger charge is 2.31. The number of hydrogen-bond acceptors (Lipinski definition) is 4. The van der Waals surface area contributed by atoms with Crippen LogP contribution in [0, 0.1) is 0 Å². The van der Waals surface area contributed by atoms with Crippen LogP contribution in [0.25, 0.3) is 0 Å². The lowest BCUT2D eigenvalue weighted by Crippen LogP contribution is -2.44. The molecule has 2 aliphatic heterocycles. The van der Waals surface area contributed by atoms with Crippen LogP contribution in [0.15, 0.2) is 12.1 Å². The molecule has 3 rings (SSSR count). The molecule has 2 fully saturated rings. The summed E-state index contributed by atoms with van der Waals surface area (Å²) in [5, 5.41) is 2.89. The Bertz CT molecular complexity index is 577. The van der Waals surface area contributed by atoms with E-state index in [1.54, 1.807) is 13.1 Å². The first kappa shape index (κ1) is 16.5. The predicted octanol–water partition coefficient (Wildman–Crippen LogP) is 2.11. The molecule has 0 spiro atoms. The molecule has 1 aromatic heterocycles. The molecule has 0 aromatic carbocycles. The summed E-state index contributed by atoms with van der Waals surface area (Å²) in [6.07, 6.45) is 2.00. The number of nitrogens with zero attached hydrogens (tertiary/aromatic N) is 3. The maximum atomic E-state index is 13.3. The van der Waals surface area contributed by atoms with Crippen LogP contribution < -0.4 is 10.2 Å². The van der Waals surface area contributed by atoms with Crippen molar-refractivity contribution in [3.63, 3.8) is 0 Å². The Balaban J connectivity index is 1.62. The summed E-state index contributed by atoms with van der Waals surface area (Å²) in [6.45, 7) is 3.19. The van der Waals surface area contributed by atoms with E-state index in [0.717, 1.165) is 38.2 Å². The lowest BCUT2D eigenvalue weighted by Gasteiger charge is -2.37. The average Bonchev–Trinajstić information content (AvgIpc) is 3.00. The van der Waals surface area contributed by atoms with E-state index < -0.39 is 6.17 Å². The zero-order chi connectivity index (χ0) is 16.4. The number of pyridine rings is 1. The van der Waals surface area contributed by atoms with Crippen LogP contribution in [0.5, 0.6) is 0 Å². The zero-order valence-corrected chi connectivity index (χ0v) is 14.0. The van der Waals surface area contributed by atoms with Gasteiger partial charge in [0.05, 0.1) is 5.69 Å². The molecule has 2 aliphatic rings. The number of piperidine rings is 1. The van der Waals surface area contributed by atoms with Gasteiger partial charge in [0.2, 0.25) is 0 Å². The summed E-state index contributed by atoms with van der Waals surface area (Å²) in [6, 6.07) is 4.01. The monoisotopic (exact) mass is 340 g/mol. The second-order valence-electron chi connectivity index (χ2n) is 6.18. The van der Waals surface area contributed by atoms with E-state index in [0.29, 0.717) is 29.9 Å². The third-order valence-electron chi connectivity index (χ3n) is 4.77. The van der Waals surface area contributed by atoms with Crippen LogP contribution in [0.2, 0.25) is 5.15 Å². The van der Waals surface area contributed by atoms with Crippen molar-refractivity contribution in [3.05, 3.63) is 23.0 Å². The van der Waals surface area contributed by atoms with Crippen LogP contribution in [0.3, 0.4) is 0 Å². The van der Waals surface area contributed by atoms with Gasteiger partial charge >= 0.3 is 0 Å². The van der Waals surface area contributed by atoms with Crippen molar-refractivity contribution in [2.75, 3.05) is 38.1 Å². The fourth-order valence-electron chi connectivity index (χ4n) is 3.46. The van der Waals surface area contributed by atoms with Crippen molar-refractivity contribution in [1.29, 1.82) is 0 Å². The largest absolute Gasteiger partial charge is 0.369 e. The number of nitrogens with one attached hydrogen (secondary N) is 1. The molecule has 1 unspecified atom stereocenters. The molecule has 126 valence electrons. The molecule has 0 saturated carbocycles. The number of aromatic nitrogens is 1. The maximum absolute atomic E-state index is 13.3. The molecule has 0 bridgehead atoms. The second kappa shape index (κ2) is 7.01. The molecule has 1 amide bonds. The molecule has 0 radical (unpaired) electrons. The molecule has 1 N–H and O–H groups in total. The van der Waals surface area contributed by atoms with Gasteiger partial charge in [0.15, 0.2) is 5.15 Å². The minimum Gasteiger partial charge on any atom is -0.369 e. The molecule has 3 heterocycles. The first-order valence-corrected chi connectivity index (χ1v) is 8.48. The number of alkyl halides is 1. The predicted molar refractivity (Wildman–Crippen MR) is 89.0 cm³/mol. The highest BCUT2D eigenvalue weighted by molar-refractivity contribution is 6.32. The zero-order valence-electron chi connectivity index (χ0n) is 13.3. The number of hydrogen-bond donors (Lipinski definition) is 1. The van der Waals surface area contributed by atoms with Crippen LogP contribution in [-0.2, 0) is 0 Å². The molecule has 5 nitrogen and oxygen atoms in total. The fourth-order valence-corrected chi connectivity index (χ4v) is 3.74. The van der Waals surface area contributed by atoms with Crippen LogP contribution in [0.4, 0.5) is 10.1 Å². The number of likely N-dealkylation sites (tertiary alicyclic amines) is 1. The van der Waals surface area contributed by atoms with Gasteiger partial charge in [-0.1, -0.05) is 11.6 Å². The minimum absolute atomic E-state index is 0.244. The van der Waals surface area contributed by atoms with Gasteiger partial charge < -0.3 is 10.2 Å². The molecule has 23 heavy (non-hydrogen) atoms. The average molecular weight is 341 g/mol. The van der Waals surface area contributed by atoms with Gasteiger partial charge in [-0.3, -0.25) is 9.69 Å². The van der Waals surface area contributed by atoms with E-state index in [4.69, 9.17) is 11.6 Å². The Labute approximate surface area is 140 Å². The van der Waals surface area contributed by atoms with Crippen LogP contribution >= 0.6 is 11.6 Å². The Hall–Kier alpha value is -1.40. The summed E-state index contributed by atoms with van der Waals surface area (Å²) >= 11 is 6.25. The molecule has 1 aromatic rings. The van der Waals surface area contributed by atoms with Gasteiger partial charge in [0.25, 0.3) is 5.91 Å². The summed E-state index contributed by atoms with van der Waals surface area (Å²) < 4.78 is 13.3. The summed E-state index contributed by atoms with van der Waals surface area (Å²) in [7, 11) is 1.57. The first-order valence-electron chi connectivity index (χ1n) is 8.10. The minimum atomic E-state index is -0.663. The number of amides is 1. The molecule has 2 saturated heterocycles. The quantitative estimate of drug-likeness (QED) is 0.856. The third kappa shape index (κ3) is 3.58. The van der Waals surface area contributed by atoms with Gasteiger partial charge in [-0.15, -0.1) is 0 Å². The summed E-state index contributed by atoms with van der Waals surface area (Å²) in [5.41, 5.74) is 1.18. The van der Waals surface area contributed by atoms with Crippen LogP contribution in [-0.4, -0.2) is 61.2 Å². The summed E-state index contributed by atoms with van der Waals surface area (Å²) in [5.74, 6) is -0.244. The number of halogens is 2. The molecule has 1 atom stereocenters. The fraction of sp³-hybridized carbons (Fsp3) is 0.625. The van der Waals surface area contributed by atoms with Gasteiger partial charge in [-0.2, -0.15) is 0 Å². The highest BCUT2D eigenvalue weighted by Crippen LogP contribution is 2.29. The van der Waals surface area contributed by atoms with Crippen molar-refractivity contribution >= 4 is 23.2 Å². The van der Waals surface area contributed by atoms with E-state index in [1.807, 2.05) is 6.07 Å². The van der Waals surface area contributed by atoms with Crippen molar-refractivity contribution in [3.8, 4) is 0 Å². The van der Waals surface area contributed by atoms with Crippen molar-refractivity contribution < 1.29 is 9.18 Å². The lowest BCUT2D eigenvalue weighted by molar-refractivity contribution is 0.0958. The molecule has 0 aliphatic carbocycles. The Morgan fingerprint density at radius 1 is 1.30 bits per heavy atom. The van der Waals surface area contributed by atoms with Gasteiger partial charge in [0, 0.05) is 39.3 Å². The number of carbonyl (C=O) groups excluding carboxylic acids is 1. The van der Waals surface area contributed by atoms with E-state index in [-0.39, 0.29) is 5.91 Å². The Kier molecular flexibility index (Phi) is 5.02. The number of anilines is 1. The third-order valence-corrected chi connectivity index (χ3v) is 5.05. The van der Waals surface area contributed by atoms with Gasteiger partial charge in [-0.05, 0) is 31.4 Å². The smallest absolute Gasteiger partial charge is 0.269 e. The second-order valence-corrected chi connectivity index (χ2v) is 6.54.